The highest BCUT2D eigenvalue weighted by Crippen LogP contribution is 2.48. The van der Waals surface area contributed by atoms with E-state index in [-0.39, 0.29) is 24.0 Å². The van der Waals surface area contributed by atoms with Crippen molar-refractivity contribution >= 4 is 5.91 Å². The van der Waals surface area contributed by atoms with Crippen molar-refractivity contribution in [2.45, 2.75) is 37.8 Å². The Balaban J connectivity index is 1.67. The summed E-state index contributed by atoms with van der Waals surface area (Å²) in [5, 5.41) is 0. The molecule has 3 atom stereocenters. The first-order valence-corrected chi connectivity index (χ1v) is 11.8. The van der Waals surface area contributed by atoms with Crippen LogP contribution < -0.4 is 0 Å². The quantitative estimate of drug-likeness (QED) is 0.516. The molecule has 6 heteroatoms. The maximum absolute atomic E-state index is 14.2. The van der Waals surface area contributed by atoms with Crippen LogP contribution in [-0.2, 0) is 32.1 Å². The Bertz CT molecular complexity index is 890. The van der Waals surface area contributed by atoms with Crippen molar-refractivity contribution < 1.29 is 19.0 Å². The van der Waals surface area contributed by atoms with Crippen LogP contribution in [0.4, 0.5) is 0 Å². The minimum absolute atomic E-state index is 0.175. The standard InChI is InChI=1S/C27H36N2O4/c1-31-20-27-24(14-15-28(26(27)30)17-21-10-6-4-7-11-21)23(16-25(32-2)33-3)19-29(27)18-22-12-8-5-9-13-22/h4-13,23-25H,14-20H2,1-3H3/t23-,24-,27+/m1/s1. The fraction of sp³-hybridized carbons (Fsp3) is 0.519. The van der Waals surface area contributed by atoms with Gasteiger partial charge >= 0.3 is 0 Å². The van der Waals surface area contributed by atoms with Gasteiger partial charge < -0.3 is 19.1 Å². The number of carbonyl (C=O) groups excluding carboxylic acids is 1. The van der Waals surface area contributed by atoms with Crippen LogP contribution in [0.3, 0.4) is 0 Å². The summed E-state index contributed by atoms with van der Waals surface area (Å²) in [6.07, 6.45) is 1.43. The molecule has 2 saturated heterocycles. The van der Waals surface area contributed by atoms with E-state index in [2.05, 4.69) is 41.3 Å². The number of piperidine rings is 1. The third-order valence-corrected chi connectivity index (χ3v) is 7.39. The number of amides is 1. The lowest BCUT2D eigenvalue weighted by Crippen LogP contribution is -2.65. The Morgan fingerprint density at radius 1 is 0.939 bits per heavy atom. The molecule has 0 aromatic heterocycles. The van der Waals surface area contributed by atoms with Crippen molar-refractivity contribution in [2.75, 3.05) is 41.0 Å². The summed E-state index contributed by atoms with van der Waals surface area (Å²) in [5.74, 6) is 0.652. The molecule has 0 radical (unpaired) electrons. The van der Waals surface area contributed by atoms with Gasteiger partial charge in [0.1, 0.15) is 5.54 Å². The molecule has 33 heavy (non-hydrogen) atoms. The Kier molecular flexibility index (Phi) is 7.81. The van der Waals surface area contributed by atoms with Gasteiger partial charge in [-0.1, -0.05) is 60.7 Å². The molecule has 2 aromatic rings. The summed E-state index contributed by atoms with van der Waals surface area (Å²) in [6.45, 7) is 3.30. The average molecular weight is 453 g/mol. The second kappa shape index (κ2) is 10.8. The lowest BCUT2D eigenvalue weighted by atomic mass is 9.73. The normalized spacial score (nSPS) is 25.6. The highest BCUT2D eigenvalue weighted by atomic mass is 16.7. The van der Waals surface area contributed by atoms with Crippen LogP contribution in [0.25, 0.3) is 0 Å². The lowest BCUT2D eigenvalue weighted by Gasteiger charge is -2.48. The summed E-state index contributed by atoms with van der Waals surface area (Å²) in [4.78, 5) is 18.6. The van der Waals surface area contributed by atoms with Gasteiger partial charge in [0.15, 0.2) is 6.29 Å². The van der Waals surface area contributed by atoms with E-state index in [1.165, 1.54) is 5.56 Å². The predicted molar refractivity (Wildman–Crippen MR) is 127 cm³/mol. The number of benzene rings is 2. The Hall–Kier alpha value is -2.25. The van der Waals surface area contributed by atoms with Gasteiger partial charge in [-0.3, -0.25) is 9.69 Å². The van der Waals surface area contributed by atoms with Crippen molar-refractivity contribution in [3.63, 3.8) is 0 Å². The van der Waals surface area contributed by atoms with Crippen molar-refractivity contribution in [1.82, 2.24) is 9.80 Å². The first-order valence-electron chi connectivity index (χ1n) is 11.8. The molecular formula is C27H36N2O4. The van der Waals surface area contributed by atoms with Crippen LogP contribution in [0.15, 0.2) is 60.7 Å². The number of carbonyl (C=O) groups is 1. The molecule has 1 amide bonds. The van der Waals surface area contributed by atoms with Crippen molar-refractivity contribution in [1.29, 1.82) is 0 Å². The van der Waals surface area contributed by atoms with Gasteiger partial charge in [-0.25, -0.2) is 0 Å². The smallest absolute Gasteiger partial charge is 0.246 e. The largest absolute Gasteiger partial charge is 0.382 e. The Morgan fingerprint density at radius 3 is 2.12 bits per heavy atom. The maximum atomic E-state index is 14.2. The van der Waals surface area contributed by atoms with Crippen molar-refractivity contribution in [2.24, 2.45) is 11.8 Å². The predicted octanol–water partition coefficient (Wildman–Crippen LogP) is 3.56. The number of ether oxygens (including phenoxy) is 3. The summed E-state index contributed by atoms with van der Waals surface area (Å²) in [7, 11) is 5.07. The zero-order chi connectivity index (χ0) is 23.3. The number of rotatable bonds is 10. The van der Waals surface area contributed by atoms with E-state index in [1.54, 1.807) is 21.3 Å². The van der Waals surface area contributed by atoms with E-state index < -0.39 is 5.54 Å². The third kappa shape index (κ3) is 4.85. The van der Waals surface area contributed by atoms with Crippen LogP contribution in [0, 0.1) is 11.8 Å². The topological polar surface area (TPSA) is 51.2 Å². The van der Waals surface area contributed by atoms with Crippen LogP contribution in [0.1, 0.15) is 24.0 Å². The zero-order valence-electron chi connectivity index (χ0n) is 20.0. The van der Waals surface area contributed by atoms with E-state index in [9.17, 15) is 4.79 Å². The van der Waals surface area contributed by atoms with Gasteiger partial charge in [0.25, 0.3) is 0 Å². The minimum atomic E-state index is -0.686. The molecular weight excluding hydrogens is 416 g/mol. The molecule has 6 nitrogen and oxygen atoms in total. The summed E-state index contributed by atoms with van der Waals surface area (Å²) >= 11 is 0. The molecule has 0 N–H and O–H groups in total. The minimum Gasteiger partial charge on any atom is -0.382 e. The number of fused-ring (bicyclic) bond motifs is 1. The summed E-state index contributed by atoms with van der Waals surface area (Å²) in [5.41, 5.74) is 1.67. The van der Waals surface area contributed by atoms with Crippen LogP contribution in [-0.4, -0.2) is 68.6 Å². The van der Waals surface area contributed by atoms with E-state index in [4.69, 9.17) is 14.2 Å². The van der Waals surface area contributed by atoms with Gasteiger partial charge in [0.2, 0.25) is 5.91 Å². The third-order valence-electron chi connectivity index (χ3n) is 7.39. The highest BCUT2D eigenvalue weighted by Gasteiger charge is 2.61. The van der Waals surface area contributed by atoms with Crippen molar-refractivity contribution in [3.05, 3.63) is 71.8 Å². The first kappa shape index (κ1) is 23.9. The van der Waals surface area contributed by atoms with Gasteiger partial charge in [0, 0.05) is 53.9 Å². The molecule has 2 aliphatic heterocycles. The maximum Gasteiger partial charge on any atom is 0.246 e. The van der Waals surface area contributed by atoms with Gasteiger partial charge in [-0.05, 0) is 29.4 Å². The number of hydrogen-bond donors (Lipinski definition) is 0. The van der Waals surface area contributed by atoms with Gasteiger partial charge in [0.05, 0.1) is 6.61 Å². The van der Waals surface area contributed by atoms with E-state index in [1.807, 2.05) is 29.2 Å². The number of nitrogens with zero attached hydrogens (tertiary/aromatic N) is 2. The fourth-order valence-corrected chi connectivity index (χ4v) is 5.86. The molecule has 0 spiro atoms. The molecule has 0 saturated carbocycles. The fourth-order valence-electron chi connectivity index (χ4n) is 5.86. The average Bonchev–Trinajstić information content (AvgIpc) is 3.14. The summed E-state index contributed by atoms with van der Waals surface area (Å²) < 4.78 is 16.9. The SMILES string of the molecule is COC[C@@]12C(=O)N(Cc3ccccc3)CC[C@@H]1[C@H](CC(OC)OC)CN2Cc1ccccc1. The van der Waals surface area contributed by atoms with E-state index in [0.717, 1.165) is 31.5 Å². The van der Waals surface area contributed by atoms with Gasteiger partial charge in [-0.15, -0.1) is 0 Å². The first-order chi connectivity index (χ1) is 16.1. The van der Waals surface area contributed by atoms with Crippen LogP contribution in [0.5, 0.6) is 0 Å². The zero-order valence-corrected chi connectivity index (χ0v) is 20.0. The van der Waals surface area contributed by atoms with E-state index in [0.29, 0.717) is 19.7 Å². The molecule has 2 aromatic carbocycles. The number of methoxy groups -OCH3 is 3. The number of likely N-dealkylation sites (tertiary alicyclic amines) is 2. The molecule has 4 rings (SSSR count). The monoisotopic (exact) mass is 452 g/mol. The van der Waals surface area contributed by atoms with Crippen LogP contribution in [0.2, 0.25) is 0 Å². The molecule has 178 valence electrons. The second-order valence-corrected chi connectivity index (χ2v) is 9.23. The summed E-state index contributed by atoms with van der Waals surface area (Å²) in [6, 6.07) is 20.6. The molecule has 2 fully saturated rings. The second-order valence-electron chi connectivity index (χ2n) is 9.23. The van der Waals surface area contributed by atoms with Crippen LogP contribution >= 0.6 is 0 Å². The highest BCUT2D eigenvalue weighted by molar-refractivity contribution is 5.88. The Labute approximate surface area is 197 Å². The Morgan fingerprint density at radius 2 is 1.55 bits per heavy atom. The molecule has 0 aliphatic carbocycles. The molecule has 0 bridgehead atoms. The molecule has 0 unspecified atom stereocenters. The van der Waals surface area contributed by atoms with Gasteiger partial charge in [-0.2, -0.15) is 0 Å². The number of hydrogen-bond acceptors (Lipinski definition) is 5. The van der Waals surface area contributed by atoms with Crippen molar-refractivity contribution in [3.8, 4) is 0 Å². The molecule has 2 aliphatic rings. The van der Waals surface area contributed by atoms with E-state index >= 15 is 0 Å². The molecule has 2 heterocycles. The lowest BCUT2D eigenvalue weighted by molar-refractivity contribution is -0.158.